The van der Waals surface area contributed by atoms with Crippen LogP contribution in [0.4, 0.5) is 0 Å². The van der Waals surface area contributed by atoms with Gasteiger partial charge in [0.25, 0.3) is 0 Å². The van der Waals surface area contributed by atoms with Crippen molar-refractivity contribution in [3.05, 3.63) is 24.3 Å². The largest absolute Gasteiger partial charge is 0.478 e. The zero-order valence-corrected chi connectivity index (χ0v) is 49.5. The number of aliphatic hydroxyl groups excluding tert-OH is 2. The van der Waals surface area contributed by atoms with Crippen molar-refractivity contribution in [2.45, 2.75) is 13.8 Å². The van der Waals surface area contributed by atoms with Crippen LogP contribution >= 0.6 is 0 Å². The number of aliphatic carboxylic acids is 2. The monoisotopic (exact) mass is 1200 g/mol. The highest BCUT2D eigenvalue weighted by molar-refractivity contribution is 5.85. The van der Waals surface area contributed by atoms with Crippen molar-refractivity contribution in [3.63, 3.8) is 0 Å². The Bertz CT molecular complexity index is 1140. The maximum absolute atomic E-state index is 9.60. The Hall–Kier alpha value is -2.54. The van der Waals surface area contributed by atoms with E-state index in [-0.39, 0.29) is 24.4 Å². The summed E-state index contributed by atoms with van der Waals surface area (Å²) in [6.45, 7) is 30.4. The summed E-state index contributed by atoms with van der Waals surface area (Å²) in [7, 11) is 0. The lowest BCUT2D eigenvalue weighted by atomic mass is 10.4. The van der Waals surface area contributed by atoms with Gasteiger partial charge in [-0.3, -0.25) is 0 Å². The van der Waals surface area contributed by atoms with Gasteiger partial charge in [-0.2, -0.15) is 0 Å². The van der Waals surface area contributed by atoms with Crippen LogP contribution in [0.5, 0.6) is 0 Å². The van der Waals surface area contributed by atoms with Crippen LogP contribution in [0.1, 0.15) is 13.8 Å². The van der Waals surface area contributed by atoms with Gasteiger partial charge in [-0.25, -0.2) is 9.59 Å². The first-order valence-corrected chi connectivity index (χ1v) is 27.9. The molecule has 0 heterocycles. The Morgan fingerprint density at radius 2 is 0.268 bits per heavy atom. The fraction of sp³-hybridized carbons (Fsp3) is 0.889. The van der Waals surface area contributed by atoms with Crippen LogP contribution in [-0.4, -0.2) is 336 Å². The van der Waals surface area contributed by atoms with Crippen LogP contribution in [0.15, 0.2) is 24.3 Å². The molecule has 0 bridgehead atoms. The maximum Gasteiger partial charge on any atom is 0.330 e. The molecule has 0 aliphatic rings. The second-order valence-electron chi connectivity index (χ2n) is 16.1. The third-order valence-electron chi connectivity index (χ3n) is 9.01. The molecule has 0 aromatic heterocycles. The van der Waals surface area contributed by atoms with Gasteiger partial charge in [0.1, 0.15) is 0 Å². The SMILES string of the molecule is C=C(C)C(=O)O.C=C(C)C(=O)O.OCCOCCOCCOCCOCCOCCOCCOCCOCCOCCOCCOCCOCCOCCOCCOCCOCCOCCOCCOCCOCCOCCOCCO. The van der Waals surface area contributed by atoms with Gasteiger partial charge in [0.05, 0.1) is 304 Å². The summed E-state index contributed by atoms with van der Waals surface area (Å²) in [5.41, 5.74) is 0.352. The Morgan fingerprint density at radius 1 is 0.207 bits per heavy atom. The Balaban J connectivity index is -0.00000465. The molecule has 28 nitrogen and oxygen atoms in total. The molecule has 0 aliphatic carbocycles. The van der Waals surface area contributed by atoms with Gasteiger partial charge < -0.3 is 125 Å². The number of carboxylic acids is 2. The van der Waals surface area contributed by atoms with E-state index in [4.69, 9.17) is 125 Å². The first kappa shape index (κ1) is 83.7. The summed E-state index contributed by atoms with van der Waals surface area (Å²) in [6, 6.07) is 0. The number of ether oxygens (including phenoxy) is 22. The molecule has 0 fully saturated rings. The number of hydrogen-bond acceptors (Lipinski definition) is 26. The number of rotatable bonds is 69. The summed E-state index contributed by atoms with van der Waals surface area (Å²) < 4.78 is 120. The van der Waals surface area contributed by atoms with E-state index in [0.717, 1.165) is 0 Å². The lowest BCUT2D eigenvalue weighted by Gasteiger charge is -2.09. The highest BCUT2D eigenvalue weighted by atomic mass is 16.6. The van der Waals surface area contributed by atoms with Crippen molar-refractivity contribution in [2.24, 2.45) is 0 Å². The molecule has 0 amide bonds. The molecule has 0 radical (unpaired) electrons. The maximum atomic E-state index is 9.60. The van der Waals surface area contributed by atoms with E-state index in [0.29, 0.717) is 291 Å². The zero-order valence-electron chi connectivity index (χ0n) is 49.5. The molecule has 0 saturated heterocycles. The van der Waals surface area contributed by atoms with Gasteiger partial charge in [-0.05, 0) is 13.8 Å². The van der Waals surface area contributed by atoms with Gasteiger partial charge in [0, 0.05) is 11.1 Å². The predicted octanol–water partition coefficient (Wildman–Crippen LogP) is 0.630. The van der Waals surface area contributed by atoms with Crippen LogP contribution in [0.2, 0.25) is 0 Å². The van der Waals surface area contributed by atoms with Gasteiger partial charge in [0.15, 0.2) is 0 Å². The molecule has 28 heteroatoms. The highest BCUT2D eigenvalue weighted by Gasteiger charge is 2.00. The van der Waals surface area contributed by atoms with Gasteiger partial charge in [-0.1, -0.05) is 13.2 Å². The number of hydrogen-bond donors (Lipinski definition) is 4. The lowest BCUT2D eigenvalue weighted by molar-refractivity contribution is -0.133. The predicted molar refractivity (Wildman–Crippen MR) is 297 cm³/mol. The van der Waals surface area contributed by atoms with E-state index in [1.54, 1.807) is 0 Å². The van der Waals surface area contributed by atoms with Crippen molar-refractivity contribution in [3.8, 4) is 0 Å². The molecule has 82 heavy (non-hydrogen) atoms. The topological polar surface area (TPSA) is 318 Å². The summed E-state index contributed by atoms with van der Waals surface area (Å²) >= 11 is 0. The minimum Gasteiger partial charge on any atom is -0.478 e. The van der Waals surface area contributed by atoms with Crippen molar-refractivity contribution >= 4 is 11.9 Å². The first-order valence-electron chi connectivity index (χ1n) is 27.9. The molecule has 4 N–H and O–H groups in total. The Labute approximate surface area is 487 Å². The standard InChI is InChI=1S/C46H94O24.2C4H6O2/c47-1-3-49-5-7-51-9-11-53-13-15-55-17-19-57-21-23-59-25-27-61-29-31-63-33-35-65-37-39-67-41-43-69-45-46-70-44-42-68-40-38-66-36-34-64-32-30-62-28-26-60-24-22-58-20-18-56-16-14-54-12-10-52-8-6-50-4-2-48;2*1-3(2)4(5)6/h47-48H,1-46H2;2*1H2,2H3,(H,5,6). The molecule has 0 atom stereocenters. The summed E-state index contributed by atoms with van der Waals surface area (Å²) in [6.07, 6.45) is 0. The minimum absolute atomic E-state index is 0.0184. The van der Waals surface area contributed by atoms with Crippen LogP contribution in [0, 0.1) is 0 Å². The van der Waals surface area contributed by atoms with Gasteiger partial charge >= 0.3 is 11.9 Å². The Kier molecular flexibility index (Phi) is 80.1. The van der Waals surface area contributed by atoms with E-state index >= 15 is 0 Å². The zero-order chi connectivity index (χ0) is 60.4. The van der Waals surface area contributed by atoms with Crippen LogP contribution in [0.25, 0.3) is 0 Å². The molecular formula is C54H106O28. The molecule has 0 rings (SSSR count). The van der Waals surface area contributed by atoms with Crippen molar-refractivity contribution in [1.29, 1.82) is 0 Å². The molecule has 0 aromatic carbocycles. The fourth-order valence-electron chi connectivity index (χ4n) is 4.85. The Morgan fingerprint density at radius 3 is 0.317 bits per heavy atom. The third kappa shape index (κ3) is 86.2. The normalized spacial score (nSPS) is 11.1. The summed E-state index contributed by atoms with van der Waals surface area (Å²) in [5.74, 6) is -1.87. The highest BCUT2D eigenvalue weighted by Crippen LogP contribution is 1.91. The van der Waals surface area contributed by atoms with Crippen molar-refractivity contribution in [1.82, 2.24) is 0 Å². The number of carbonyl (C=O) groups is 2. The lowest BCUT2D eigenvalue weighted by Crippen LogP contribution is -2.16. The molecule has 0 aliphatic heterocycles. The molecule has 0 spiro atoms. The van der Waals surface area contributed by atoms with E-state index in [1.165, 1.54) is 13.8 Å². The van der Waals surface area contributed by atoms with Crippen LogP contribution in [0.3, 0.4) is 0 Å². The second kappa shape index (κ2) is 78.5. The molecule has 0 aromatic rings. The summed E-state index contributed by atoms with van der Waals surface area (Å²) in [4.78, 5) is 19.2. The smallest absolute Gasteiger partial charge is 0.330 e. The van der Waals surface area contributed by atoms with E-state index in [9.17, 15) is 9.59 Å². The van der Waals surface area contributed by atoms with Crippen molar-refractivity contribution < 1.29 is 134 Å². The number of carboxylic acid groups (broad SMARTS) is 2. The van der Waals surface area contributed by atoms with Crippen molar-refractivity contribution in [2.75, 3.05) is 304 Å². The summed E-state index contributed by atoms with van der Waals surface area (Å²) in [5, 5.41) is 33.0. The molecule has 0 saturated carbocycles. The molecule has 0 unspecified atom stereocenters. The molecule has 490 valence electrons. The average Bonchev–Trinajstić information content (AvgIpc) is 3.46. The first-order chi connectivity index (χ1) is 40.2. The quantitative estimate of drug-likeness (QED) is 0.0479. The van der Waals surface area contributed by atoms with E-state index in [1.807, 2.05) is 0 Å². The molecular weight excluding hydrogens is 1100 g/mol. The van der Waals surface area contributed by atoms with Crippen LogP contribution < -0.4 is 0 Å². The van der Waals surface area contributed by atoms with E-state index < -0.39 is 11.9 Å². The van der Waals surface area contributed by atoms with Gasteiger partial charge in [-0.15, -0.1) is 0 Å². The van der Waals surface area contributed by atoms with Crippen LogP contribution in [-0.2, 0) is 114 Å². The second-order valence-corrected chi connectivity index (χ2v) is 16.1. The minimum atomic E-state index is -0.935. The fourth-order valence-corrected chi connectivity index (χ4v) is 4.85. The van der Waals surface area contributed by atoms with Gasteiger partial charge in [0.2, 0.25) is 0 Å². The average molecular weight is 1200 g/mol. The third-order valence-corrected chi connectivity index (χ3v) is 9.01. The number of aliphatic hydroxyl groups is 2. The van der Waals surface area contributed by atoms with E-state index in [2.05, 4.69) is 13.2 Å².